The smallest absolute Gasteiger partial charge is 0.335 e. The number of carbonyl (C=O) groups is 3. The molecule has 14 nitrogen and oxygen atoms in total. The number of rotatable bonds is 17. The normalized spacial score (nSPS) is 16.2. The van der Waals surface area contributed by atoms with Gasteiger partial charge in [-0.05, 0) is 5.53 Å². The molecule has 2 amide bonds. The highest BCUT2D eigenvalue weighted by atomic mass is 32.2. The van der Waals surface area contributed by atoms with E-state index < -0.39 is 40.2 Å². The first-order valence-electron chi connectivity index (χ1n) is 9.00. The van der Waals surface area contributed by atoms with Crippen LogP contribution in [0.2, 0.25) is 0 Å². The fourth-order valence-corrected chi connectivity index (χ4v) is 2.66. The minimum atomic E-state index is -3.12. The Labute approximate surface area is 173 Å². The molecule has 0 aliphatic carbocycles. The molecule has 15 heteroatoms. The molecular weight excluding hydrogens is 428 g/mol. The van der Waals surface area contributed by atoms with E-state index in [9.17, 15) is 22.8 Å². The van der Waals surface area contributed by atoms with Crippen LogP contribution in [0.25, 0.3) is 10.4 Å². The summed E-state index contributed by atoms with van der Waals surface area (Å²) in [5.74, 6) is -2.84. The molecule has 1 heterocycles. The van der Waals surface area contributed by atoms with E-state index in [0.717, 1.165) is 0 Å². The standard InChI is InChI=1S/C15H24N4O10S/c16-18-17-2-4-26-6-8-28-10-9-27-7-5-25-3-1-14(21)29-19-13(20)11-12(15(19)22)30(23)24/h12,30H,1-11H2. The summed E-state index contributed by atoms with van der Waals surface area (Å²) in [5, 5.41) is 2.01. The van der Waals surface area contributed by atoms with Gasteiger partial charge in [0.15, 0.2) is 10.7 Å². The van der Waals surface area contributed by atoms with Crippen LogP contribution in [0.15, 0.2) is 5.11 Å². The number of carbonyl (C=O) groups excluding carboxylic acids is 3. The molecular formula is C15H24N4O10S. The van der Waals surface area contributed by atoms with E-state index in [2.05, 4.69) is 14.9 Å². The molecule has 0 radical (unpaired) electrons. The van der Waals surface area contributed by atoms with Crippen LogP contribution in [0.3, 0.4) is 0 Å². The van der Waals surface area contributed by atoms with Gasteiger partial charge < -0.3 is 23.8 Å². The minimum Gasteiger partial charge on any atom is -0.379 e. The Morgan fingerprint density at radius 3 is 2.03 bits per heavy atom. The van der Waals surface area contributed by atoms with Gasteiger partial charge in [0.05, 0.1) is 65.7 Å². The molecule has 1 aliphatic rings. The van der Waals surface area contributed by atoms with E-state index >= 15 is 0 Å². The summed E-state index contributed by atoms with van der Waals surface area (Å²) >= 11 is 0. The number of imide groups is 1. The summed E-state index contributed by atoms with van der Waals surface area (Å²) in [6.07, 6.45) is -0.763. The molecule has 30 heavy (non-hydrogen) atoms. The van der Waals surface area contributed by atoms with Crippen LogP contribution in [0.5, 0.6) is 0 Å². The molecule has 0 spiro atoms. The Balaban J connectivity index is 1.94. The average Bonchev–Trinajstić information content (AvgIpc) is 2.99. The van der Waals surface area contributed by atoms with Gasteiger partial charge in [0.1, 0.15) is 5.25 Å². The zero-order valence-corrected chi connectivity index (χ0v) is 17.1. The van der Waals surface area contributed by atoms with Crippen molar-refractivity contribution >= 4 is 28.5 Å². The lowest BCUT2D eigenvalue weighted by molar-refractivity contribution is -0.198. The lowest BCUT2D eigenvalue weighted by atomic mass is 10.4. The summed E-state index contributed by atoms with van der Waals surface area (Å²) < 4.78 is 42.5. The molecule has 1 saturated heterocycles. The van der Waals surface area contributed by atoms with Gasteiger partial charge in [-0.15, -0.1) is 5.06 Å². The monoisotopic (exact) mass is 452 g/mol. The first-order valence-corrected chi connectivity index (χ1v) is 10.2. The Bertz CT molecular complexity index is 687. The number of ether oxygens (including phenoxy) is 4. The highest BCUT2D eigenvalue weighted by molar-refractivity contribution is 7.74. The molecule has 1 rings (SSSR count). The highest BCUT2D eigenvalue weighted by Gasteiger charge is 2.43. The fraction of sp³-hybridized carbons (Fsp3) is 0.800. The van der Waals surface area contributed by atoms with Gasteiger partial charge in [0.25, 0.3) is 11.8 Å². The number of hydrogen-bond acceptors (Lipinski definition) is 11. The van der Waals surface area contributed by atoms with Crippen molar-refractivity contribution in [2.75, 3.05) is 59.4 Å². The number of hydroxylamine groups is 2. The third kappa shape index (κ3) is 10.5. The quantitative estimate of drug-likeness (QED) is 0.0713. The molecule has 1 aliphatic heterocycles. The maximum absolute atomic E-state index is 11.7. The van der Waals surface area contributed by atoms with Crippen molar-refractivity contribution in [2.45, 2.75) is 18.1 Å². The van der Waals surface area contributed by atoms with Crippen LogP contribution in [0.4, 0.5) is 0 Å². The van der Waals surface area contributed by atoms with Crippen LogP contribution in [0.1, 0.15) is 12.8 Å². The lowest BCUT2D eigenvalue weighted by Gasteiger charge is -2.12. The van der Waals surface area contributed by atoms with Crippen LogP contribution in [0, 0.1) is 0 Å². The molecule has 170 valence electrons. The molecule has 0 aromatic heterocycles. The van der Waals surface area contributed by atoms with Gasteiger partial charge >= 0.3 is 5.97 Å². The SMILES string of the molecule is [N-]=[N+]=NCCOCCOCCOCCOCCC(=O)ON1C(=O)CC([SH](=O)=O)C1=O. The second kappa shape index (κ2) is 15.5. The molecule has 0 saturated carbocycles. The van der Waals surface area contributed by atoms with E-state index in [1.54, 1.807) is 0 Å². The fourth-order valence-electron chi connectivity index (χ4n) is 2.07. The second-order valence-corrected chi connectivity index (χ2v) is 6.84. The van der Waals surface area contributed by atoms with Crippen molar-refractivity contribution in [3.05, 3.63) is 10.4 Å². The maximum Gasteiger partial charge on any atom is 0.335 e. The average molecular weight is 452 g/mol. The van der Waals surface area contributed by atoms with Crippen LogP contribution >= 0.6 is 0 Å². The largest absolute Gasteiger partial charge is 0.379 e. The molecule has 1 fully saturated rings. The zero-order chi connectivity index (χ0) is 22.2. The summed E-state index contributed by atoms with van der Waals surface area (Å²) in [6.45, 7) is 2.51. The Morgan fingerprint density at radius 1 is 1.00 bits per heavy atom. The molecule has 0 bridgehead atoms. The van der Waals surface area contributed by atoms with Crippen molar-refractivity contribution in [1.82, 2.24) is 5.06 Å². The maximum atomic E-state index is 11.7. The molecule has 0 aromatic carbocycles. The molecule has 0 aromatic rings. The first-order chi connectivity index (χ1) is 14.5. The highest BCUT2D eigenvalue weighted by Crippen LogP contribution is 2.16. The lowest BCUT2D eigenvalue weighted by Crippen LogP contribution is -2.35. The number of thiol groups is 1. The third-order valence-electron chi connectivity index (χ3n) is 3.49. The van der Waals surface area contributed by atoms with Crippen molar-refractivity contribution in [3.8, 4) is 0 Å². The number of nitrogens with zero attached hydrogens (tertiary/aromatic N) is 4. The molecule has 1 atom stereocenters. The predicted octanol–water partition coefficient (Wildman–Crippen LogP) is -1.05. The Kier molecular flexibility index (Phi) is 13.3. The number of azide groups is 1. The summed E-state index contributed by atoms with van der Waals surface area (Å²) in [5.41, 5.74) is 8.07. The summed E-state index contributed by atoms with van der Waals surface area (Å²) in [7, 11) is -3.12. The minimum absolute atomic E-state index is 0.0264. The van der Waals surface area contributed by atoms with Gasteiger partial charge in [-0.1, -0.05) is 5.11 Å². The topological polar surface area (TPSA) is 184 Å². The van der Waals surface area contributed by atoms with Crippen molar-refractivity contribution in [3.63, 3.8) is 0 Å². The van der Waals surface area contributed by atoms with Gasteiger partial charge in [-0.25, -0.2) is 13.2 Å². The van der Waals surface area contributed by atoms with Gasteiger partial charge in [-0.2, -0.15) is 0 Å². The van der Waals surface area contributed by atoms with Crippen LogP contribution in [-0.2, 0) is 48.9 Å². The van der Waals surface area contributed by atoms with Crippen molar-refractivity contribution < 1.29 is 46.6 Å². The van der Waals surface area contributed by atoms with Gasteiger partial charge in [0.2, 0.25) is 0 Å². The molecule has 1 unspecified atom stereocenters. The zero-order valence-electron chi connectivity index (χ0n) is 16.2. The predicted molar refractivity (Wildman–Crippen MR) is 98.6 cm³/mol. The third-order valence-corrected chi connectivity index (χ3v) is 4.41. The van der Waals surface area contributed by atoms with E-state index in [1.807, 2.05) is 0 Å². The van der Waals surface area contributed by atoms with E-state index in [1.165, 1.54) is 0 Å². The number of amides is 2. The van der Waals surface area contributed by atoms with Gasteiger partial charge in [-0.3, -0.25) is 9.59 Å². The summed E-state index contributed by atoms with van der Waals surface area (Å²) in [4.78, 5) is 42.0. The van der Waals surface area contributed by atoms with Gasteiger partial charge in [0, 0.05) is 11.5 Å². The van der Waals surface area contributed by atoms with E-state index in [4.69, 9.17) is 24.5 Å². The van der Waals surface area contributed by atoms with E-state index in [0.29, 0.717) is 33.0 Å². The van der Waals surface area contributed by atoms with E-state index in [-0.39, 0.29) is 37.8 Å². The molecule has 0 N–H and O–H groups in total. The van der Waals surface area contributed by atoms with Crippen LogP contribution in [-0.4, -0.2) is 95.9 Å². The Morgan fingerprint density at radius 2 is 1.53 bits per heavy atom. The second-order valence-electron chi connectivity index (χ2n) is 5.65. The van der Waals surface area contributed by atoms with Crippen molar-refractivity contribution in [2.24, 2.45) is 5.11 Å². The Hall–Kier alpha value is -2.29. The summed E-state index contributed by atoms with van der Waals surface area (Å²) in [6, 6.07) is 0. The van der Waals surface area contributed by atoms with Crippen molar-refractivity contribution in [1.29, 1.82) is 0 Å². The first kappa shape index (κ1) is 25.7. The van der Waals surface area contributed by atoms with Crippen LogP contribution < -0.4 is 0 Å². The number of hydrogen-bond donors (Lipinski definition) is 1.